The number of amides is 3. The minimum atomic E-state index is -0.943. The number of carbonyl (C=O) groups excluding carboxylic acids is 3. The summed E-state index contributed by atoms with van der Waals surface area (Å²) in [5.74, 6) is -0.749. The van der Waals surface area contributed by atoms with Gasteiger partial charge in [-0.3, -0.25) is 14.6 Å². The summed E-state index contributed by atoms with van der Waals surface area (Å²) in [5.41, 5.74) is -0.339. The van der Waals surface area contributed by atoms with Gasteiger partial charge in [0.2, 0.25) is 0 Å². The Morgan fingerprint density at radius 2 is 1.96 bits per heavy atom. The number of carbonyl (C=O) groups is 3. The number of ether oxygens (including phenoxy) is 2. The third-order valence-corrected chi connectivity index (χ3v) is 3.28. The van der Waals surface area contributed by atoms with Gasteiger partial charge in [-0.2, -0.15) is 0 Å². The van der Waals surface area contributed by atoms with Crippen LogP contribution in [0.25, 0.3) is 0 Å². The highest BCUT2D eigenvalue weighted by atomic mass is 16.5. The Kier molecular flexibility index (Phi) is 7.31. The molecule has 138 valence electrons. The topological polar surface area (TPSA) is 110 Å². The van der Waals surface area contributed by atoms with E-state index in [0.717, 1.165) is 0 Å². The fourth-order valence-electron chi connectivity index (χ4n) is 2.13. The number of aromatic nitrogens is 1. The van der Waals surface area contributed by atoms with Crippen LogP contribution in [-0.2, 0) is 14.3 Å². The third kappa shape index (κ3) is 6.38. The maximum atomic E-state index is 12.2. The lowest BCUT2D eigenvalue weighted by Crippen LogP contribution is -2.52. The van der Waals surface area contributed by atoms with Crippen molar-refractivity contribution in [3.63, 3.8) is 0 Å². The second kappa shape index (κ2) is 8.97. The van der Waals surface area contributed by atoms with Gasteiger partial charge in [0.1, 0.15) is 5.69 Å². The summed E-state index contributed by atoms with van der Waals surface area (Å²) >= 11 is 0. The molecule has 0 unspecified atom stereocenters. The molecule has 0 aliphatic rings. The molecule has 1 heterocycles. The van der Waals surface area contributed by atoms with Crippen LogP contribution >= 0.6 is 0 Å². The van der Waals surface area contributed by atoms with Gasteiger partial charge >= 0.3 is 12.0 Å². The lowest BCUT2D eigenvalue weighted by atomic mass is 9.99. The highest BCUT2D eigenvalue weighted by Gasteiger charge is 2.30. The summed E-state index contributed by atoms with van der Waals surface area (Å²) < 4.78 is 9.71. The summed E-state index contributed by atoms with van der Waals surface area (Å²) in [7, 11) is 5.96. The number of nitrogens with one attached hydrogen (secondary N) is 2. The van der Waals surface area contributed by atoms with Gasteiger partial charge in [0.25, 0.3) is 5.91 Å². The Balaban J connectivity index is 2.82. The van der Waals surface area contributed by atoms with Crippen molar-refractivity contribution in [1.82, 2.24) is 15.2 Å². The van der Waals surface area contributed by atoms with E-state index in [-0.39, 0.29) is 24.6 Å². The molecular weight excluding hydrogens is 328 g/mol. The molecule has 1 rings (SSSR count). The highest BCUT2D eigenvalue weighted by Crippen LogP contribution is 2.13. The molecule has 0 fully saturated rings. The van der Waals surface area contributed by atoms with Gasteiger partial charge in [-0.05, 0) is 19.1 Å². The van der Waals surface area contributed by atoms with Gasteiger partial charge in [0.05, 0.1) is 25.7 Å². The molecule has 0 bridgehead atoms. The monoisotopic (exact) mass is 352 g/mol. The molecule has 0 aliphatic heterocycles. The first-order valence-electron chi connectivity index (χ1n) is 7.53. The maximum absolute atomic E-state index is 12.2. The standard InChI is InChI=1S/C16H24N4O5/c1-16(10-24-4,9-13(21)25-5)19-15(23)18-11-6-7-17-12(8-11)14(22)20(2)3/h6-8H,9-10H2,1-5H3,(H2,17,18,19,23)/t16-/m0/s1. The van der Waals surface area contributed by atoms with Crippen molar-refractivity contribution in [2.75, 3.05) is 40.2 Å². The molecular formula is C16H24N4O5. The van der Waals surface area contributed by atoms with E-state index in [1.54, 1.807) is 27.1 Å². The SMILES string of the molecule is COC[C@](C)(CC(=O)OC)NC(=O)Nc1ccnc(C(=O)N(C)C)c1. The molecule has 0 saturated heterocycles. The lowest BCUT2D eigenvalue weighted by Gasteiger charge is -2.29. The van der Waals surface area contributed by atoms with Crippen LogP contribution in [0.15, 0.2) is 18.3 Å². The fourth-order valence-corrected chi connectivity index (χ4v) is 2.13. The van der Waals surface area contributed by atoms with Crippen LogP contribution in [0.2, 0.25) is 0 Å². The van der Waals surface area contributed by atoms with Gasteiger partial charge in [0, 0.05) is 33.1 Å². The maximum Gasteiger partial charge on any atom is 0.319 e. The van der Waals surface area contributed by atoms with E-state index in [4.69, 9.17) is 4.74 Å². The molecule has 9 heteroatoms. The molecule has 9 nitrogen and oxygen atoms in total. The predicted octanol–water partition coefficient (Wildman–Crippen LogP) is 0.873. The minimum Gasteiger partial charge on any atom is -0.469 e. The molecule has 3 amide bonds. The first-order valence-corrected chi connectivity index (χ1v) is 7.53. The van der Waals surface area contributed by atoms with Crippen molar-refractivity contribution in [2.45, 2.75) is 18.9 Å². The predicted molar refractivity (Wildman–Crippen MR) is 91.3 cm³/mol. The molecule has 1 aromatic rings. The summed E-state index contributed by atoms with van der Waals surface area (Å²) in [6.07, 6.45) is 1.38. The normalized spacial score (nSPS) is 12.7. The van der Waals surface area contributed by atoms with Crippen LogP contribution in [-0.4, -0.2) is 68.3 Å². The van der Waals surface area contributed by atoms with Crippen LogP contribution in [0.1, 0.15) is 23.8 Å². The van der Waals surface area contributed by atoms with E-state index >= 15 is 0 Å². The van der Waals surface area contributed by atoms with Crippen molar-refractivity contribution in [3.8, 4) is 0 Å². The van der Waals surface area contributed by atoms with E-state index in [2.05, 4.69) is 20.4 Å². The van der Waals surface area contributed by atoms with Crippen molar-refractivity contribution < 1.29 is 23.9 Å². The minimum absolute atomic E-state index is 0.0501. The van der Waals surface area contributed by atoms with Crippen LogP contribution in [0.3, 0.4) is 0 Å². The molecule has 1 aromatic heterocycles. The zero-order valence-electron chi connectivity index (χ0n) is 15.1. The van der Waals surface area contributed by atoms with Crippen molar-refractivity contribution in [3.05, 3.63) is 24.0 Å². The van der Waals surface area contributed by atoms with Gasteiger partial charge in [-0.25, -0.2) is 4.79 Å². The van der Waals surface area contributed by atoms with Gasteiger partial charge < -0.3 is 25.0 Å². The van der Waals surface area contributed by atoms with E-state index in [0.29, 0.717) is 5.69 Å². The van der Waals surface area contributed by atoms with Crippen molar-refractivity contribution in [1.29, 1.82) is 0 Å². The quantitative estimate of drug-likeness (QED) is 0.705. The zero-order chi connectivity index (χ0) is 19.0. The molecule has 25 heavy (non-hydrogen) atoms. The van der Waals surface area contributed by atoms with E-state index in [1.807, 2.05) is 0 Å². The van der Waals surface area contributed by atoms with Crippen LogP contribution in [0.4, 0.5) is 10.5 Å². The number of rotatable bonds is 7. The van der Waals surface area contributed by atoms with Gasteiger partial charge in [-0.1, -0.05) is 0 Å². The largest absolute Gasteiger partial charge is 0.469 e. The number of methoxy groups -OCH3 is 2. The Hall–Kier alpha value is -2.68. The van der Waals surface area contributed by atoms with Gasteiger partial charge in [0.15, 0.2) is 0 Å². The number of hydrogen-bond donors (Lipinski definition) is 2. The molecule has 1 atom stereocenters. The Bertz CT molecular complexity index is 635. The average Bonchev–Trinajstić information content (AvgIpc) is 2.53. The number of nitrogens with zero attached hydrogens (tertiary/aromatic N) is 2. The second-order valence-corrected chi connectivity index (χ2v) is 5.96. The molecule has 0 aliphatic carbocycles. The van der Waals surface area contributed by atoms with Crippen LogP contribution < -0.4 is 10.6 Å². The molecule has 0 radical (unpaired) electrons. The Morgan fingerprint density at radius 3 is 2.52 bits per heavy atom. The molecule has 2 N–H and O–H groups in total. The number of esters is 1. The second-order valence-electron chi connectivity index (χ2n) is 5.96. The average molecular weight is 352 g/mol. The number of pyridine rings is 1. The third-order valence-electron chi connectivity index (χ3n) is 3.28. The number of urea groups is 1. The fraction of sp³-hybridized carbons (Fsp3) is 0.500. The van der Waals surface area contributed by atoms with E-state index in [1.165, 1.54) is 31.4 Å². The Labute approximate surface area is 146 Å². The van der Waals surface area contributed by atoms with E-state index < -0.39 is 17.5 Å². The van der Waals surface area contributed by atoms with Gasteiger partial charge in [-0.15, -0.1) is 0 Å². The Morgan fingerprint density at radius 1 is 1.28 bits per heavy atom. The first-order chi connectivity index (χ1) is 11.7. The molecule has 0 saturated carbocycles. The zero-order valence-corrected chi connectivity index (χ0v) is 15.1. The summed E-state index contributed by atoms with van der Waals surface area (Å²) in [5, 5.41) is 5.30. The molecule has 0 aromatic carbocycles. The number of anilines is 1. The van der Waals surface area contributed by atoms with Crippen molar-refractivity contribution >= 4 is 23.6 Å². The highest BCUT2D eigenvalue weighted by molar-refractivity contribution is 5.95. The van der Waals surface area contributed by atoms with Crippen LogP contribution in [0.5, 0.6) is 0 Å². The summed E-state index contributed by atoms with van der Waals surface area (Å²) in [4.78, 5) is 41.1. The van der Waals surface area contributed by atoms with Crippen LogP contribution in [0, 0.1) is 0 Å². The molecule has 0 spiro atoms. The van der Waals surface area contributed by atoms with E-state index in [9.17, 15) is 14.4 Å². The smallest absolute Gasteiger partial charge is 0.319 e. The lowest BCUT2D eigenvalue weighted by molar-refractivity contribution is -0.142. The summed E-state index contributed by atoms with van der Waals surface area (Å²) in [6, 6.07) is 2.48. The van der Waals surface area contributed by atoms with Crippen molar-refractivity contribution in [2.24, 2.45) is 0 Å². The first kappa shape index (κ1) is 20.4. The number of hydrogen-bond acceptors (Lipinski definition) is 6. The summed E-state index contributed by atoms with van der Waals surface area (Å²) in [6.45, 7) is 1.79.